The summed E-state index contributed by atoms with van der Waals surface area (Å²) in [6, 6.07) is 9.25. The predicted molar refractivity (Wildman–Crippen MR) is 156 cm³/mol. The molecule has 0 fully saturated rings. The molecule has 4 aromatic rings. The Kier molecular flexibility index (Phi) is 11.1. The minimum Gasteiger partial charge on any atom is -0.406 e. The lowest BCUT2D eigenvalue weighted by Crippen LogP contribution is -2.31. The number of likely N-dealkylation sites (N-methyl/N-ethyl adjacent to an activating group) is 1. The van der Waals surface area contributed by atoms with Gasteiger partial charge in [-0.2, -0.15) is 4.98 Å². The quantitative estimate of drug-likeness (QED) is 0.215. The van der Waals surface area contributed by atoms with Crippen molar-refractivity contribution in [2.24, 2.45) is 7.05 Å². The van der Waals surface area contributed by atoms with Crippen LogP contribution >= 0.6 is 11.6 Å². The molecule has 0 aliphatic heterocycles. The van der Waals surface area contributed by atoms with Gasteiger partial charge >= 0.3 is 0 Å². The molecule has 0 atom stereocenters. The standard InChI is InChI=1S/C23H24ClN5O3.C5H11NO2/c1-14-6-5-7-19(24)20(14)18-11-16-12-25-23(26-17-10-15(2)28(3)13-17)27-21(16)29(22(18)30)32-9-8-31-4;1-6(5-7)3-4-8-2/h5-7,10-13H,8-9H2,1-4H3,(H,25,26,27);5H,3-4H2,1-2H3. The van der Waals surface area contributed by atoms with Gasteiger partial charge in [-0.25, -0.2) is 4.98 Å². The van der Waals surface area contributed by atoms with Crippen LogP contribution in [-0.2, 0) is 21.3 Å². The van der Waals surface area contributed by atoms with Crippen LogP contribution in [-0.4, -0.2) is 78.2 Å². The number of anilines is 2. The lowest BCUT2D eigenvalue weighted by atomic mass is 10.0. The van der Waals surface area contributed by atoms with Crippen molar-refractivity contribution in [2.75, 3.05) is 52.9 Å². The Morgan fingerprint density at radius 2 is 1.88 bits per heavy atom. The largest absolute Gasteiger partial charge is 0.406 e. The first-order chi connectivity index (χ1) is 19.2. The SMILES string of the molecule is COCCN(C)C=O.COCCOn1c(=O)c(-c2c(C)cccc2Cl)cc2cnc(Nc3cc(C)n(C)c3)nc21. The fraction of sp³-hybridized carbons (Fsp3) is 0.357. The number of rotatable bonds is 11. The minimum absolute atomic E-state index is 0.182. The maximum Gasteiger partial charge on any atom is 0.293 e. The Morgan fingerprint density at radius 3 is 2.50 bits per heavy atom. The number of carbonyl (C=O) groups is 1. The normalized spacial score (nSPS) is 10.7. The number of methoxy groups -OCH3 is 2. The molecule has 1 amide bonds. The molecule has 1 aromatic carbocycles. The number of aromatic nitrogens is 4. The van der Waals surface area contributed by atoms with E-state index in [1.54, 1.807) is 39.6 Å². The van der Waals surface area contributed by atoms with Gasteiger partial charge in [-0.15, -0.1) is 4.73 Å². The number of amides is 1. The van der Waals surface area contributed by atoms with Gasteiger partial charge in [0, 0.05) is 68.9 Å². The van der Waals surface area contributed by atoms with E-state index < -0.39 is 0 Å². The highest BCUT2D eigenvalue weighted by Crippen LogP contribution is 2.30. The summed E-state index contributed by atoms with van der Waals surface area (Å²) in [6.07, 6.45) is 4.37. The molecule has 0 radical (unpaired) electrons. The molecule has 0 unspecified atom stereocenters. The van der Waals surface area contributed by atoms with E-state index in [4.69, 9.17) is 25.9 Å². The van der Waals surface area contributed by atoms with Gasteiger partial charge < -0.3 is 29.1 Å². The van der Waals surface area contributed by atoms with Crippen molar-refractivity contribution in [2.45, 2.75) is 13.8 Å². The Hall–Kier alpha value is -3.93. The van der Waals surface area contributed by atoms with Crippen molar-refractivity contribution in [3.05, 3.63) is 69.4 Å². The maximum atomic E-state index is 13.5. The van der Waals surface area contributed by atoms with Crippen molar-refractivity contribution in [3.63, 3.8) is 0 Å². The molecular weight excluding hydrogens is 536 g/mol. The molecule has 0 aliphatic rings. The molecule has 40 heavy (non-hydrogen) atoms. The van der Waals surface area contributed by atoms with Crippen LogP contribution in [0.5, 0.6) is 0 Å². The van der Waals surface area contributed by atoms with E-state index in [1.807, 2.05) is 49.9 Å². The third-order valence-corrected chi connectivity index (χ3v) is 6.35. The Balaban J connectivity index is 0.000000482. The number of hydrogen-bond donors (Lipinski definition) is 1. The first-order valence-electron chi connectivity index (χ1n) is 12.5. The van der Waals surface area contributed by atoms with Crippen molar-refractivity contribution < 1.29 is 19.1 Å². The number of halogens is 1. The van der Waals surface area contributed by atoms with Crippen LogP contribution in [0.2, 0.25) is 5.02 Å². The summed E-state index contributed by atoms with van der Waals surface area (Å²) in [5.41, 5.74) is 3.90. The topological polar surface area (TPSA) is 113 Å². The second-order valence-electron chi connectivity index (χ2n) is 9.07. The second kappa shape index (κ2) is 14.5. The third kappa shape index (κ3) is 7.59. The van der Waals surface area contributed by atoms with Crippen LogP contribution in [0.3, 0.4) is 0 Å². The van der Waals surface area contributed by atoms with Crippen LogP contribution in [0.25, 0.3) is 22.2 Å². The zero-order chi connectivity index (χ0) is 29.2. The highest BCUT2D eigenvalue weighted by atomic mass is 35.5. The Bertz CT molecular complexity index is 1460. The summed E-state index contributed by atoms with van der Waals surface area (Å²) in [6.45, 7) is 5.69. The monoisotopic (exact) mass is 570 g/mol. The molecule has 4 rings (SSSR count). The molecule has 0 aliphatic carbocycles. The average Bonchev–Trinajstić information content (AvgIpc) is 3.25. The average molecular weight is 571 g/mol. The van der Waals surface area contributed by atoms with Crippen LogP contribution in [0.1, 0.15) is 11.3 Å². The van der Waals surface area contributed by atoms with Crippen LogP contribution in [0.4, 0.5) is 11.6 Å². The number of pyridine rings is 1. The number of ether oxygens (including phenoxy) is 2. The highest BCUT2D eigenvalue weighted by molar-refractivity contribution is 6.33. The van der Waals surface area contributed by atoms with E-state index in [1.165, 1.54) is 9.63 Å². The Morgan fingerprint density at radius 1 is 1.12 bits per heavy atom. The van der Waals surface area contributed by atoms with Gasteiger partial charge in [-0.3, -0.25) is 9.59 Å². The smallest absolute Gasteiger partial charge is 0.293 e. The number of fused-ring (bicyclic) bond motifs is 1. The number of nitrogens with one attached hydrogen (secondary N) is 1. The summed E-state index contributed by atoms with van der Waals surface area (Å²) in [4.78, 5) is 39.6. The summed E-state index contributed by atoms with van der Waals surface area (Å²) in [5.74, 6) is 0.355. The van der Waals surface area contributed by atoms with Gasteiger partial charge in [0.25, 0.3) is 5.56 Å². The fourth-order valence-corrected chi connectivity index (χ4v) is 4.10. The molecule has 0 saturated heterocycles. The van der Waals surface area contributed by atoms with Gasteiger partial charge in [0.05, 0.1) is 24.5 Å². The summed E-state index contributed by atoms with van der Waals surface area (Å²) >= 11 is 6.44. The molecule has 214 valence electrons. The maximum absolute atomic E-state index is 13.5. The van der Waals surface area contributed by atoms with Gasteiger partial charge in [0.15, 0.2) is 5.65 Å². The zero-order valence-electron chi connectivity index (χ0n) is 23.6. The highest BCUT2D eigenvalue weighted by Gasteiger charge is 2.18. The molecule has 11 nitrogen and oxygen atoms in total. The van der Waals surface area contributed by atoms with Crippen LogP contribution in [0.15, 0.2) is 47.5 Å². The van der Waals surface area contributed by atoms with Crippen molar-refractivity contribution >= 4 is 40.7 Å². The number of benzene rings is 1. The predicted octanol–water partition coefficient (Wildman–Crippen LogP) is 3.61. The van der Waals surface area contributed by atoms with Gasteiger partial charge in [0.1, 0.15) is 6.61 Å². The lowest BCUT2D eigenvalue weighted by molar-refractivity contribution is -0.117. The molecule has 12 heteroatoms. The van der Waals surface area contributed by atoms with Gasteiger partial charge in [-0.1, -0.05) is 23.7 Å². The molecule has 0 spiro atoms. The number of nitrogens with zero attached hydrogens (tertiary/aromatic N) is 5. The molecule has 3 heterocycles. The number of aryl methyl sites for hydroxylation is 3. The second-order valence-corrected chi connectivity index (χ2v) is 9.48. The van der Waals surface area contributed by atoms with E-state index in [0.29, 0.717) is 52.9 Å². The molecule has 3 aromatic heterocycles. The molecule has 0 bridgehead atoms. The minimum atomic E-state index is -0.356. The van der Waals surface area contributed by atoms with Crippen LogP contribution in [0, 0.1) is 13.8 Å². The van der Waals surface area contributed by atoms with E-state index in [0.717, 1.165) is 23.4 Å². The van der Waals surface area contributed by atoms with Gasteiger partial charge in [0.2, 0.25) is 12.4 Å². The first-order valence-corrected chi connectivity index (χ1v) is 12.9. The number of carbonyl (C=O) groups excluding carboxylic acids is 1. The third-order valence-electron chi connectivity index (χ3n) is 6.04. The van der Waals surface area contributed by atoms with Gasteiger partial charge in [-0.05, 0) is 37.6 Å². The van der Waals surface area contributed by atoms with E-state index in [-0.39, 0.29) is 12.2 Å². The van der Waals surface area contributed by atoms with E-state index >= 15 is 0 Å². The zero-order valence-corrected chi connectivity index (χ0v) is 24.4. The Labute approximate surface area is 238 Å². The molecular formula is C28H35ClN6O5. The van der Waals surface area contributed by atoms with Crippen molar-refractivity contribution in [1.82, 2.24) is 24.2 Å². The molecule has 0 saturated carbocycles. The summed E-state index contributed by atoms with van der Waals surface area (Å²) in [7, 11) is 6.85. The summed E-state index contributed by atoms with van der Waals surface area (Å²) < 4.78 is 13.0. The lowest BCUT2D eigenvalue weighted by Gasteiger charge is -2.15. The van der Waals surface area contributed by atoms with E-state index in [2.05, 4.69) is 15.3 Å². The van der Waals surface area contributed by atoms with E-state index in [9.17, 15) is 9.59 Å². The summed E-state index contributed by atoms with van der Waals surface area (Å²) in [5, 5.41) is 4.31. The molecule has 1 N–H and O–H groups in total. The fourth-order valence-electron chi connectivity index (χ4n) is 3.77. The number of hydrogen-bond acceptors (Lipinski definition) is 8. The van der Waals surface area contributed by atoms with Crippen LogP contribution < -0.4 is 15.7 Å². The first kappa shape index (κ1) is 30.6. The van der Waals surface area contributed by atoms with Crippen molar-refractivity contribution in [1.29, 1.82) is 0 Å². The van der Waals surface area contributed by atoms with Crippen molar-refractivity contribution in [3.8, 4) is 11.1 Å².